The van der Waals surface area contributed by atoms with Crippen LogP contribution in [0.5, 0.6) is 0 Å². The van der Waals surface area contributed by atoms with E-state index in [4.69, 9.17) is 23.2 Å². The third-order valence-corrected chi connectivity index (χ3v) is 4.12. The van der Waals surface area contributed by atoms with Crippen LogP contribution in [0.15, 0.2) is 12.1 Å². The van der Waals surface area contributed by atoms with E-state index in [1.165, 1.54) is 12.1 Å². The van der Waals surface area contributed by atoms with Gasteiger partial charge in [0, 0.05) is 10.8 Å². The number of rotatable bonds is 0. The molecule has 0 spiro atoms. The Bertz CT molecular complexity index is 896. The zero-order chi connectivity index (χ0) is 15.8. The average molecular weight is 337 g/mol. The van der Waals surface area contributed by atoms with Crippen LogP contribution < -0.4 is 0 Å². The van der Waals surface area contributed by atoms with Crippen molar-refractivity contribution in [2.45, 2.75) is 0 Å². The summed E-state index contributed by atoms with van der Waals surface area (Å²) in [6.07, 6.45) is 0. The first-order chi connectivity index (χ1) is 10.4. The van der Waals surface area contributed by atoms with E-state index < -0.39 is 23.9 Å². The Hall–Kier alpha value is -2.44. The van der Waals surface area contributed by atoms with Crippen molar-refractivity contribution in [2.24, 2.45) is 0 Å². The van der Waals surface area contributed by atoms with E-state index in [9.17, 15) is 19.2 Å². The van der Waals surface area contributed by atoms with Gasteiger partial charge in [0.2, 0.25) is 0 Å². The maximum Gasteiger partial charge on any atom is 0.348 e. The van der Waals surface area contributed by atoms with Gasteiger partial charge in [-0.3, -0.25) is 0 Å². The highest BCUT2D eigenvalue weighted by Gasteiger charge is 2.38. The third-order valence-electron chi connectivity index (χ3n) is 3.53. The largest absolute Gasteiger partial charge is 0.386 e. The Morgan fingerprint density at radius 1 is 0.636 bits per heavy atom. The fraction of sp³-hybridized carbons (Fsp3) is 0. The van der Waals surface area contributed by atoms with Crippen molar-refractivity contribution in [1.29, 1.82) is 0 Å². The zero-order valence-electron chi connectivity index (χ0n) is 10.4. The van der Waals surface area contributed by atoms with E-state index in [1.54, 1.807) is 0 Å². The van der Waals surface area contributed by atoms with Crippen LogP contribution in [0.2, 0.25) is 10.0 Å². The monoisotopic (exact) mass is 336 g/mol. The molecule has 0 N–H and O–H groups in total. The Morgan fingerprint density at radius 3 is 1.36 bits per heavy atom. The van der Waals surface area contributed by atoms with Crippen molar-refractivity contribution in [1.82, 2.24) is 0 Å². The van der Waals surface area contributed by atoms with Crippen molar-refractivity contribution in [3.8, 4) is 0 Å². The summed E-state index contributed by atoms with van der Waals surface area (Å²) >= 11 is 12.0. The van der Waals surface area contributed by atoms with Gasteiger partial charge in [0.05, 0.1) is 32.3 Å². The second-order valence-electron chi connectivity index (χ2n) is 4.67. The highest BCUT2D eigenvalue weighted by atomic mass is 35.5. The van der Waals surface area contributed by atoms with Crippen LogP contribution in [0.4, 0.5) is 0 Å². The van der Waals surface area contributed by atoms with Gasteiger partial charge in [0.15, 0.2) is 0 Å². The van der Waals surface area contributed by atoms with E-state index in [0.29, 0.717) is 0 Å². The van der Waals surface area contributed by atoms with E-state index in [1.807, 2.05) is 0 Å². The molecule has 2 aromatic carbocycles. The number of hydrogen-bond acceptors (Lipinski definition) is 6. The number of cyclic esters (lactones) is 4. The molecule has 0 radical (unpaired) electrons. The van der Waals surface area contributed by atoms with Crippen molar-refractivity contribution in [3.63, 3.8) is 0 Å². The molecule has 0 fully saturated rings. The third kappa shape index (κ3) is 1.45. The Balaban J connectivity index is 2.36. The topological polar surface area (TPSA) is 86.7 Å². The van der Waals surface area contributed by atoms with Crippen LogP contribution in [-0.4, -0.2) is 23.9 Å². The molecule has 0 bridgehead atoms. The summed E-state index contributed by atoms with van der Waals surface area (Å²) in [5.74, 6) is -3.75. The number of esters is 4. The molecule has 22 heavy (non-hydrogen) atoms. The maximum atomic E-state index is 11.9. The van der Waals surface area contributed by atoms with Crippen LogP contribution in [-0.2, 0) is 9.47 Å². The molecule has 2 aliphatic heterocycles. The number of carbonyl (C=O) groups excluding carboxylic acids is 4. The number of hydrogen-bond donors (Lipinski definition) is 0. The fourth-order valence-corrected chi connectivity index (χ4v) is 3.23. The molecule has 2 aliphatic rings. The molecule has 8 heteroatoms. The molecule has 2 heterocycles. The van der Waals surface area contributed by atoms with Crippen molar-refractivity contribution < 1.29 is 28.7 Å². The van der Waals surface area contributed by atoms with Gasteiger partial charge >= 0.3 is 23.9 Å². The minimum absolute atomic E-state index is 0.0374. The fourth-order valence-electron chi connectivity index (χ4n) is 2.67. The highest BCUT2D eigenvalue weighted by Crippen LogP contribution is 2.42. The minimum Gasteiger partial charge on any atom is -0.386 e. The average Bonchev–Trinajstić information content (AvgIpc) is 2.43. The molecule has 0 saturated heterocycles. The molecular weight excluding hydrogens is 335 g/mol. The smallest absolute Gasteiger partial charge is 0.348 e. The van der Waals surface area contributed by atoms with E-state index in [-0.39, 0.29) is 43.1 Å². The lowest BCUT2D eigenvalue weighted by molar-refractivity contribution is 0.0366. The lowest BCUT2D eigenvalue weighted by atomic mass is 9.89. The number of halogens is 2. The summed E-state index contributed by atoms with van der Waals surface area (Å²) < 4.78 is 9.20. The van der Waals surface area contributed by atoms with Crippen LogP contribution in [0, 0.1) is 0 Å². The van der Waals surface area contributed by atoms with Crippen LogP contribution in [0.1, 0.15) is 41.4 Å². The van der Waals surface area contributed by atoms with Crippen LogP contribution in [0.25, 0.3) is 10.8 Å². The number of ether oxygens (including phenoxy) is 2. The van der Waals surface area contributed by atoms with Crippen molar-refractivity contribution >= 4 is 57.9 Å². The number of benzene rings is 2. The Labute approximate surface area is 131 Å². The second kappa shape index (κ2) is 4.06. The molecule has 0 unspecified atom stereocenters. The summed E-state index contributed by atoms with van der Waals surface area (Å²) in [6.45, 7) is 0. The molecule has 108 valence electrons. The molecule has 0 saturated carbocycles. The minimum atomic E-state index is -0.950. The summed E-state index contributed by atoms with van der Waals surface area (Å²) in [5.41, 5.74) is -0.250. The van der Waals surface area contributed by atoms with Crippen LogP contribution >= 0.6 is 23.2 Å². The van der Waals surface area contributed by atoms with Gasteiger partial charge in [-0.05, 0) is 12.1 Å². The quantitative estimate of drug-likeness (QED) is 0.543. The van der Waals surface area contributed by atoms with E-state index >= 15 is 0 Å². The second-order valence-corrected chi connectivity index (χ2v) is 5.48. The number of carbonyl (C=O) groups is 4. The highest BCUT2D eigenvalue weighted by molar-refractivity contribution is 6.42. The lowest BCUT2D eigenvalue weighted by Crippen LogP contribution is -2.26. The summed E-state index contributed by atoms with van der Waals surface area (Å²) in [7, 11) is 0. The summed E-state index contributed by atoms with van der Waals surface area (Å²) in [6, 6.07) is 2.38. The van der Waals surface area contributed by atoms with Crippen molar-refractivity contribution in [2.75, 3.05) is 0 Å². The molecule has 0 atom stereocenters. The van der Waals surface area contributed by atoms with Gasteiger partial charge in [-0.1, -0.05) is 23.2 Å². The van der Waals surface area contributed by atoms with Gasteiger partial charge in [0.25, 0.3) is 0 Å². The van der Waals surface area contributed by atoms with Gasteiger partial charge in [-0.15, -0.1) is 0 Å². The zero-order valence-corrected chi connectivity index (χ0v) is 11.9. The summed E-state index contributed by atoms with van der Waals surface area (Å²) in [4.78, 5) is 47.6. The van der Waals surface area contributed by atoms with Gasteiger partial charge in [-0.25, -0.2) is 19.2 Å². The first kappa shape index (κ1) is 13.2. The lowest BCUT2D eigenvalue weighted by Gasteiger charge is -2.23. The normalized spacial score (nSPS) is 15.9. The summed E-state index contributed by atoms with van der Waals surface area (Å²) in [5, 5.41) is -0.0112. The van der Waals surface area contributed by atoms with E-state index in [2.05, 4.69) is 9.47 Å². The molecule has 6 nitrogen and oxygen atoms in total. The first-order valence-corrected chi connectivity index (χ1v) is 6.67. The Kier molecular flexibility index (Phi) is 2.44. The molecule has 4 rings (SSSR count). The first-order valence-electron chi connectivity index (χ1n) is 5.92. The molecule has 2 aromatic rings. The predicted octanol–water partition coefficient (Wildman–Crippen LogP) is 2.77. The standard InChI is InChI=1S/C14H2Cl2O6/c15-5-1-3-7-8-4(12(18)22-13(19)9(5)8)2-6(16)10(7)14(20)21-11(3)17/h1-2H. The molecule has 0 aromatic heterocycles. The van der Waals surface area contributed by atoms with Crippen LogP contribution in [0.3, 0.4) is 0 Å². The van der Waals surface area contributed by atoms with Gasteiger partial charge in [-0.2, -0.15) is 0 Å². The molecule has 0 amide bonds. The molecule has 0 aliphatic carbocycles. The van der Waals surface area contributed by atoms with Gasteiger partial charge < -0.3 is 9.47 Å². The maximum absolute atomic E-state index is 11.9. The molecular formula is C14H2Cl2O6. The van der Waals surface area contributed by atoms with Gasteiger partial charge in [0.1, 0.15) is 0 Å². The van der Waals surface area contributed by atoms with E-state index in [0.717, 1.165) is 0 Å². The Morgan fingerprint density at radius 2 is 1.00 bits per heavy atom. The SMILES string of the molecule is O=C1OC(=O)c2c(Cl)cc3c4c(c(Cl)cc1c24)C(=O)OC3=O. The predicted molar refractivity (Wildman–Crippen MR) is 73.5 cm³/mol. The van der Waals surface area contributed by atoms with Crippen molar-refractivity contribution in [3.05, 3.63) is 44.4 Å².